The lowest BCUT2D eigenvalue weighted by atomic mass is 10.2. The molecule has 3 rings (SSSR count). The number of aromatic nitrogens is 2. The molecule has 0 radical (unpaired) electrons. The second kappa shape index (κ2) is 6.37. The third-order valence-corrected chi connectivity index (χ3v) is 4.01. The van der Waals surface area contributed by atoms with Crippen molar-refractivity contribution in [2.45, 2.75) is 6.42 Å². The number of nitrogens with two attached hydrogens (primary N) is 1. The highest BCUT2D eigenvalue weighted by Crippen LogP contribution is 2.16. The first-order valence-corrected chi connectivity index (χ1v) is 7.64. The number of benzene rings is 1. The molecule has 1 aromatic carbocycles. The highest BCUT2D eigenvalue weighted by molar-refractivity contribution is 7.12. The lowest BCUT2D eigenvalue weighted by molar-refractivity contribution is 0.894. The molecular weight excluding hydrogens is 280 g/mol. The van der Waals surface area contributed by atoms with E-state index in [2.05, 4.69) is 27.1 Å². The van der Waals surface area contributed by atoms with Crippen molar-refractivity contribution in [3.05, 3.63) is 64.7 Å². The average Bonchev–Trinajstić information content (AvgIpc) is 3.20. The molecule has 0 saturated carbocycles. The van der Waals surface area contributed by atoms with Crippen molar-refractivity contribution in [2.24, 2.45) is 10.7 Å². The number of H-pyrrole nitrogens is 1. The van der Waals surface area contributed by atoms with Gasteiger partial charge in [-0.25, -0.2) is 4.98 Å². The van der Waals surface area contributed by atoms with Crippen LogP contribution < -0.4 is 5.73 Å². The van der Waals surface area contributed by atoms with Gasteiger partial charge in [-0.05, 0) is 17.0 Å². The highest BCUT2D eigenvalue weighted by atomic mass is 32.1. The van der Waals surface area contributed by atoms with E-state index in [1.54, 1.807) is 11.3 Å². The predicted octanol–water partition coefficient (Wildman–Crippen LogP) is 3.09. The third kappa shape index (κ3) is 3.38. The number of nitrogens with zero attached hydrogens (tertiary/aromatic N) is 2. The fraction of sp³-hybridized carbons (Fsp3) is 0.125. The summed E-state index contributed by atoms with van der Waals surface area (Å²) in [6.45, 7) is 0.630. The predicted molar refractivity (Wildman–Crippen MR) is 87.6 cm³/mol. The van der Waals surface area contributed by atoms with Crippen molar-refractivity contribution in [1.82, 2.24) is 9.97 Å². The Kier molecular flexibility index (Phi) is 4.12. The van der Waals surface area contributed by atoms with Crippen LogP contribution in [0.1, 0.15) is 10.7 Å². The van der Waals surface area contributed by atoms with Crippen molar-refractivity contribution in [3.8, 4) is 11.3 Å². The van der Waals surface area contributed by atoms with Gasteiger partial charge < -0.3 is 10.7 Å². The van der Waals surface area contributed by atoms with Gasteiger partial charge in [0.2, 0.25) is 0 Å². The minimum atomic E-state index is 0.597. The monoisotopic (exact) mass is 296 g/mol. The second-order valence-electron chi connectivity index (χ2n) is 4.60. The van der Waals surface area contributed by atoms with Crippen LogP contribution >= 0.6 is 11.3 Å². The lowest BCUT2D eigenvalue weighted by Crippen LogP contribution is -2.12. The molecule has 0 fully saturated rings. The standard InChI is InChI=1S/C16H16N4S/c17-16(14-7-4-10-21-14)18-9-8-15-19-11-13(20-15)12-5-2-1-3-6-12/h1-7,10-11H,8-9H2,(H2,17,18)(H,19,20). The van der Waals surface area contributed by atoms with E-state index in [1.165, 1.54) is 0 Å². The van der Waals surface area contributed by atoms with Crippen LogP contribution in [0.3, 0.4) is 0 Å². The van der Waals surface area contributed by atoms with Crippen LogP contribution in [0.15, 0.2) is 59.0 Å². The van der Waals surface area contributed by atoms with E-state index in [0.29, 0.717) is 12.4 Å². The molecule has 0 bridgehead atoms. The molecule has 106 valence electrons. The molecule has 0 unspecified atom stereocenters. The molecule has 0 amide bonds. The maximum absolute atomic E-state index is 5.93. The molecule has 21 heavy (non-hydrogen) atoms. The second-order valence-corrected chi connectivity index (χ2v) is 5.55. The Bertz CT molecular complexity index is 714. The van der Waals surface area contributed by atoms with E-state index in [-0.39, 0.29) is 0 Å². The molecule has 3 N–H and O–H groups in total. The van der Waals surface area contributed by atoms with Gasteiger partial charge in [-0.1, -0.05) is 36.4 Å². The van der Waals surface area contributed by atoms with Crippen molar-refractivity contribution < 1.29 is 0 Å². The number of aromatic amines is 1. The molecule has 0 aliphatic rings. The maximum Gasteiger partial charge on any atom is 0.135 e. The molecule has 0 aliphatic carbocycles. The van der Waals surface area contributed by atoms with E-state index in [1.807, 2.05) is 41.9 Å². The van der Waals surface area contributed by atoms with Crippen LogP contribution in [0, 0.1) is 0 Å². The number of amidine groups is 1. The van der Waals surface area contributed by atoms with Crippen molar-refractivity contribution in [2.75, 3.05) is 6.54 Å². The zero-order chi connectivity index (χ0) is 14.5. The summed E-state index contributed by atoms with van der Waals surface area (Å²) in [6.07, 6.45) is 2.61. The Labute approximate surface area is 127 Å². The topological polar surface area (TPSA) is 67.1 Å². The smallest absolute Gasteiger partial charge is 0.135 e. The summed E-state index contributed by atoms with van der Waals surface area (Å²) in [5.74, 6) is 1.52. The van der Waals surface area contributed by atoms with Crippen LogP contribution in [0.4, 0.5) is 0 Å². The number of thiophene rings is 1. The number of rotatable bonds is 5. The average molecular weight is 296 g/mol. The van der Waals surface area contributed by atoms with E-state index in [9.17, 15) is 0 Å². The number of hydrogen-bond acceptors (Lipinski definition) is 3. The number of nitrogens with one attached hydrogen (secondary N) is 1. The largest absolute Gasteiger partial charge is 0.383 e. The third-order valence-electron chi connectivity index (χ3n) is 3.12. The number of imidazole rings is 1. The molecule has 0 atom stereocenters. The molecule has 0 spiro atoms. The fourth-order valence-corrected chi connectivity index (χ4v) is 2.68. The van der Waals surface area contributed by atoms with E-state index in [4.69, 9.17) is 5.73 Å². The van der Waals surface area contributed by atoms with Crippen molar-refractivity contribution in [3.63, 3.8) is 0 Å². The Morgan fingerprint density at radius 1 is 1.19 bits per heavy atom. The van der Waals surface area contributed by atoms with Gasteiger partial charge in [-0.2, -0.15) is 0 Å². The first-order chi connectivity index (χ1) is 10.3. The van der Waals surface area contributed by atoms with Gasteiger partial charge in [0.1, 0.15) is 11.7 Å². The maximum atomic E-state index is 5.93. The fourth-order valence-electron chi connectivity index (χ4n) is 2.04. The molecule has 5 heteroatoms. The van der Waals surface area contributed by atoms with Gasteiger partial charge in [-0.15, -0.1) is 11.3 Å². The summed E-state index contributed by atoms with van der Waals surface area (Å²) >= 11 is 1.60. The lowest BCUT2D eigenvalue weighted by Gasteiger charge is -1.98. The van der Waals surface area contributed by atoms with Gasteiger partial charge in [0.25, 0.3) is 0 Å². The van der Waals surface area contributed by atoms with Crippen LogP contribution in [0.25, 0.3) is 11.3 Å². The summed E-state index contributed by atoms with van der Waals surface area (Å²) in [5.41, 5.74) is 8.10. The molecule has 4 nitrogen and oxygen atoms in total. The molecule has 0 saturated heterocycles. The van der Waals surface area contributed by atoms with Crippen LogP contribution in [0.2, 0.25) is 0 Å². The summed E-state index contributed by atoms with van der Waals surface area (Å²) < 4.78 is 0. The van der Waals surface area contributed by atoms with Gasteiger partial charge in [-0.3, -0.25) is 4.99 Å². The van der Waals surface area contributed by atoms with Crippen molar-refractivity contribution in [1.29, 1.82) is 0 Å². The molecule has 0 aliphatic heterocycles. The van der Waals surface area contributed by atoms with E-state index in [0.717, 1.165) is 28.4 Å². The first-order valence-electron chi connectivity index (χ1n) is 6.76. The van der Waals surface area contributed by atoms with Gasteiger partial charge in [0.05, 0.1) is 16.8 Å². The van der Waals surface area contributed by atoms with Crippen LogP contribution in [-0.4, -0.2) is 22.3 Å². The highest BCUT2D eigenvalue weighted by Gasteiger charge is 2.03. The van der Waals surface area contributed by atoms with Gasteiger partial charge in [0.15, 0.2) is 0 Å². The number of aliphatic imine (C=N–C) groups is 1. The van der Waals surface area contributed by atoms with Crippen LogP contribution in [-0.2, 0) is 6.42 Å². The zero-order valence-corrected chi connectivity index (χ0v) is 12.3. The molecule has 2 heterocycles. The van der Waals surface area contributed by atoms with E-state index < -0.39 is 0 Å². The van der Waals surface area contributed by atoms with Gasteiger partial charge >= 0.3 is 0 Å². The normalized spacial score (nSPS) is 11.7. The van der Waals surface area contributed by atoms with Crippen molar-refractivity contribution >= 4 is 17.2 Å². The molecular formula is C16H16N4S. The summed E-state index contributed by atoms with van der Waals surface area (Å²) in [5, 5.41) is 2.00. The summed E-state index contributed by atoms with van der Waals surface area (Å²) in [4.78, 5) is 13.1. The quantitative estimate of drug-likeness (QED) is 0.561. The number of hydrogen-bond donors (Lipinski definition) is 2. The zero-order valence-electron chi connectivity index (χ0n) is 11.5. The molecule has 2 aromatic heterocycles. The summed E-state index contributed by atoms with van der Waals surface area (Å²) in [6, 6.07) is 14.1. The van der Waals surface area contributed by atoms with Gasteiger partial charge in [0, 0.05) is 13.0 Å². The SMILES string of the molecule is NC(=NCCc1ncc(-c2ccccc2)[nH]1)c1cccs1. The minimum Gasteiger partial charge on any atom is -0.383 e. The Morgan fingerprint density at radius 2 is 2.05 bits per heavy atom. The minimum absolute atomic E-state index is 0.597. The first kappa shape index (κ1) is 13.6. The van der Waals surface area contributed by atoms with E-state index >= 15 is 0 Å². The molecule has 3 aromatic rings. The summed E-state index contributed by atoms with van der Waals surface area (Å²) in [7, 11) is 0. The Hall–Kier alpha value is -2.40. The van der Waals surface area contributed by atoms with Crippen LogP contribution in [0.5, 0.6) is 0 Å². The Balaban J connectivity index is 1.62. The Morgan fingerprint density at radius 3 is 2.81 bits per heavy atom.